The van der Waals surface area contributed by atoms with Crippen LogP contribution in [0.2, 0.25) is 5.02 Å². The quantitative estimate of drug-likeness (QED) is 0.148. The fraction of sp³-hybridized carbons (Fsp3) is 0.605. The van der Waals surface area contributed by atoms with Gasteiger partial charge in [0.05, 0.1) is 22.5 Å². The van der Waals surface area contributed by atoms with Crippen LogP contribution in [0.4, 0.5) is 4.79 Å². The molecule has 5 aliphatic rings. The van der Waals surface area contributed by atoms with E-state index in [0.29, 0.717) is 61.4 Å². The van der Waals surface area contributed by atoms with Crippen molar-refractivity contribution in [3.63, 3.8) is 0 Å². The van der Waals surface area contributed by atoms with E-state index in [1.165, 1.54) is 4.90 Å². The number of alkyl halides is 1. The predicted octanol–water partition coefficient (Wildman–Crippen LogP) is 5.67. The maximum atomic E-state index is 14.7. The molecule has 2 aromatic rings. The zero-order valence-corrected chi connectivity index (χ0v) is 34.5. The summed E-state index contributed by atoms with van der Waals surface area (Å²) < 4.78 is 38.3. The van der Waals surface area contributed by atoms with Crippen LogP contribution in [0.1, 0.15) is 102 Å². The van der Waals surface area contributed by atoms with E-state index in [0.717, 1.165) is 42.1 Å². The third-order valence-corrected chi connectivity index (χ3v) is 15.2. The summed E-state index contributed by atoms with van der Waals surface area (Å²) in [6.45, 7) is 5.32. The van der Waals surface area contributed by atoms with Crippen LogP contribution < -0.4 is 20.1 Å². The highest BCUT2D eigenvalue weighted by molar-refractivity contribution is 14.1. The number of alkyl carbamates (subject to hydrolysis) is 1. The number of fused-ring (bicyclic) bond motifs is 4. The number of aromatic nitrogens is 1. The molecule has 13 nitrogen and oxygen atoms in total. The van der Waals surface area contributed by atoms with Gasteiger partial charge in [-0.1, -0.05) is 36.6 Å². The first-order valence-electron chi connectivity index (χ1n) is 18.8. The number of rotatable bonds is 5. The molecule has 292 valence electrons. The fourth-order valence-corrected chi connectivity index (χ4v) is 9.94. The Kier molecular flexibility index (Phi) is 10.4. The SMILES string of the molecule is Cc1nc2ccc(Cl)cc2c2c1O[C@]1(CC2)C[C@H]2C(=O)N[C@@](I)(C(=O)NS(=O)(=O)C3(C)CC3)C/C=C\CCCCC[C@H](NC(=O)OC3(C)CC3)C(=O)N2C1. The molecular weight excluding hydrogens is 849 g/mol. The highest BCUT2D eigenvalue weighted by Gasteiger charge is 2.56. The maximum absolute atomic E-state index is 14.7. The summed E-state index contributed by atoms with van der Waals surface area (Å²) in [6, 6.07) is 3.42. The van der Waals surface area contributed by atoms with Gasteiger partial charge in [0.2, 0.25) is 21.8 Å². The molecule has 1 spiro atoms. The largest absolute Gasteiger partial charge is 0.483 e. The molecule has 3 fully saturated rings. The van der Waals surface area contributed by atoms with Gasteiger partial charge in [-0.25, -0.2) is 22.9 Å². The molecule has 3 N–H and O–H groups in total. The van der Waals surface area contributed by atoms with Gasteiger partial charge in [-0.3, -0.25) is 14.4 Å². The molecule has 1 saturated heterocycles. The molecule has 3 aliphatic heterocycles. The van der Waals surface area contributed by atoms with Crippen molar-refractivity contribution in [2.45, 2.75) is 136 Å². The van der Waals surface area contributed by atoms with E-state index in [-0.39, 0.29) is 19.4 Å². The molecule has 0 bridgehead atoms. The van der Waals surface area contributed by atoms with Gasteiger partial charge < -0.3 is 25.0 Å². The standard InChI is InChI=1S/C38H47ClIN5O8S/c1-23-30-25(26-20-24(39)11-12-27(26)41-23)13-15-37(52-30)21-29-31(46)43-38(40,33(48)44-54(50,51)36(3)18-19-36)14-9-7-5-4-6-8-10-28(32(47)45(29)22-37)42-34(49)53-35(2)16-17-35/h7,9,11-12,20,28-29H,4-6,8,10,13-19,21-22H2,1-3H3,(H,42,49)(H,43,46)(H,44,48)/b9-7-/t28-,29-,37+,38+/m0/s1. The van der Waals surface area contributed by atoms with Gasteiger partial charge in [-0.05, 0) is 119 Å². The molecule has 4 atom stereocenters. The maximum Gasteiger partial charge on any atom is 0.408 e. The van der Waals surface area contributed by atoms with Crippen LogP contribution in [-0.2, 0) is 35.6 Å². The van der Waals surface area contributed by atoms with Crippen molar-refractivity contribution in [3.05, 3.63) is 46.6 Å². The number of sulfonamides is 1. The normalized spacial score (nSPS) is 29.8. The van der Waals surface area contributed by atoms with Gasteiger partial charge in [-0.15, -0.1) is 0 Å². The van der Waals surface area contributed by atoms with Crippen LogP contribution in [0.15, 0.2) is 30.4 Å². The average Bonchev–Trinajstić information content (AvgIpc) is 4.01. The van der Waals surface area contributed by atoms with E-state index in [1.807, 2.05) is 54.6 Å². The predicted molar refractivity (Wildman–Crippen MR) is 211 cm³/mol. The number of nitrogens with zero attached hydrogens (tertiary/aromatic N) is 2. The highest BCUT2D eigenvalue weighted by Crippen LogP contribution is 2.46. The zero-order chi connectivity index (χ0) is 38.7. The highest BCUT2D eigenvalue weighted by atomic mass is 127. The molecule has 54 heavy (non-hydrogen) atoms. The number of carbonyl (C=O) groups is 4. The summed E-state index contributed by atoms with van der Waals surface area (Å²) >= 11 is 8.19. The molecule has 0 unspecified atom stereocenters. The Hall–Kier alpha value is -3.18. The first-order chi connectivity index (χ1) is 25.4. The number of pyridine rings is 1. The van der Waals surface area contributed by atoms with Gasteiger partial charge in [0, 0.05) is 28.8 Å². The van der Waals surface area contributed by atoms with Crippen molar-refractivity contribution in [3.8, 4) is 5.75 Å². The number of carbonyl (C=O) groups excluding carboxylic acids is 4. The van der Waals surface area contributed by atoms with Crippen molar-refractivity contribution < 1.29 is 37.1 Å². The summed E-state index contributed by atoms with van der Waals surface area (Å²) in [5, 5.41) is 7.11. The van der Waals surface area contributed by atoms with E-state index >= 15 is 0 Å². The molecule has 7 rings (SSSR count). The smallest absolute Gasteiger partial charge is 0.408 e. The number of nitrogens with one attached hydrogen (secondary N) is 3. The summed E-state index contributed by atoms with van der Waals surface area (Å²) in [6.07, 6.45) is 9.69. The number of ether oxygens (including phenoxy) is 2. The molecule has 2 saturated carbocycles. The fourth-order valence-electron chi connectivity index (χ4n) is 7.62. The first kappa shape index (κ1) is 39.1. The van der Waals surface area contributed by atoms with Gasteiger partial charge in [0.25, 0.3) is 5.91 Å². The number of hydrogen-bond donors (Lipinski definition) is 3. The second-order valence-corrected chi connectivity index (χ2v) is 20.6. The van der Waals surface area contributed by atoms with Gasteiger partial charge in [0.1, 0.15) is 29.0 Å². The van der Waals surface area contributed by atoms with Gasteiger partial charge >= 0.3 is 6.09 Å². The number of amides is 4. The second kappa shape index (κ2) is 14.4. The molecular formula is C38H47ClIN5O8S. The Labute approximate surface area is 334 Å². The second-order valence-electron chi connectivity index (χ2n) is 16.2. The van der Waals surface area contributed by atoms with Crippen molar-refractivity contribution in [1.29, 1.82) is 0 Å². The van der Waals surface area contributed by atoms with Crippen molar-refractivity contribution in [2.24, 2.45) is 0 Å². The minimum atomic E-state index is -4.01. The average molecular weight is 896 g/mol. The summed E-state index contributed by atoms with van der Waals surface area (Å²) in [5.41, 5.74) is 0.837. The minimum Gasteiger partial charge on any atom is -0.483 e. The van der Waals surface area contributed by atoms with Crippen LogP contribution in [0.3, 0.4) is 0 Å². The number of hydrogen-bond acceptors (Lipinski definition) is 9. The Morgan fingerprint density at radius 1 is 1.09 bits per heavy atom. The Morgan fingerprint density at radius 3 is 2.57 bits per heavy atom. The lowest BCUT2D eigenvalue weighted by molar-refractivity contribution is -0.141. The number of halogens is 2. The first-order valence-corrected chi connectivity index (χ1v) is 21.7. The van der Waals surface area contributed by atoms with Crippen LogP contribution in [-0.4, -0.2) is 80.2 Å². The summed E-state index contributed by atoms with van der Waals surface area (Å²) in [5.74, 6) is -1.38. The number of allylic oxidation sites excluding steroid dienone is 1. The van der Waals surface area contributed by atoms with Crippen LogP contribution in [0.5, 0.6) is 5.75 Å². The van der Waals surface area contributed by atoms with Crippen molar-refractivity contribution in [2.75, 3.05) is 6.54 Å². The monoisotopic (exact) mass is 895 g/mol. The molecule has 0 radical (unpaired) electrons. The Morgan fingerprint density at radius 2 is 1.85 bits per heavy atom. The summed E-state index contributed by atoms with van der Waals surface area (Å²) in [4.78, 5) is 62.5. The van der Waals surface area contributed by atoms with Crippen molar-refractivity contribution in [1.82, 2.24) is 25.2 Å². The third-order valence-electron chi connectivity index (χ3n) is 11.6. The van der Waals surface area contributed by atoms with Crippen LogP contribution >= 0.6 is 34.2 Å². The molecule has 2 aliphatic carbocycles. The number of benzene rings is 1. The minimum absolute atomic E-state index is 0.0162. The number of aryl methyl sites for hydroxylation is 2. The van der Waals surface area contributed by atoms with E-state index < -0.39 is 65.4 Å². The van der Waals surface area contributed by atoms with E-state index in [4.69, 9.17) is 26.1 Å². The topological polar surface area (TPSA) is 173 Å². The molecule has 16 heteroatoms. The lowest BCUT2D eigenvalue weighted by Crippen LogP contribution is -2.60. The lowest BCUT2D eigenvalue weighted by Gasteiger charge is -2.36. The van der Waals surface area contributed by atoms with E-state index in [2.05, 4.69) is 15.4 Å². The lowest BCUT2D eigenvalue weighted by atomic mass is 9.87. The van der Waals surface area contributed by atoms with Gasteiger partial charge in [0.15, 0.2) is 3.55 Å². The Bertz CT molecular complexity index is 2040. The molecule has 1 aromatic carbocycles. The van der Waals surface area contributed by atoms with Crippen molar-refractivity contribution >= 4 is 78.9 Å². The Balaban J connectivity index is 1.23. The third kappa shape index (κ3) is 7.91. The molecule has 1 aromatic heterocycles. The van der Waals surface area contributed by atoms with Crippen LogP contribution in [0, 0.1) is 6.92 Å². The zero-order valence-electron chi connectivity index (χ0n) is 30.8. The van der Waals surface area contributed by atoms with Crippen LogP contribution in [0.25, 0.3) is 10.9 Å². The van der Waals surface area contributed by atoms with E-state index in [9.17, 15) is 27.6 Å². The summed E-state index contributed by atoms with van der Waals surface area (Å²) in [7, 11) is -4.01. The van der Waals surface area contributed by atoms with Gasteiger partial charge in [-0.2, -0.15) is 0 Å². The molecule has 4 heterocycles. The molecule has 4 amide bonds. The van der Waals surface area contributed by atoms with E-state index in [1.54, 1.807) is 19.1 Å².